The monoisotopic (exact) mass is 498 g/mol. The number of hydrogen-bond acceptors (Lipinski definition) is 4. The van der Waals surface area contributed by atoms with Crippen LogP contribution in [0.2, 0.25) is 0 Å². The van der Waals surface area contributed by atoms with E-state index in [0.29, 0.717) is 16.7 Å². The summed E-state index contributed by atoms with van der Waals surface area (Å²) in [7, 11) is 3.12. The number of nitrogens with zero attached hydrogens (tertiary/aromatic N) is 1. The van der Waals surface area contributed by atoms with Gasteiger partial charge < -0.3 is 15.0 Å². The molecule has 0 aromatic heterocycles. The van der Waals surface area contributed by atoms with Gasteiger partial charge in [0.15, 0.2) is 0 Å². The van der Waals surface area contributed by atoms with Crippen LogP contribution in [0.1, 0.15) is 38.8 Å². The minimum absolute atomic E-state index is 0.0352. The summed E-state index contributed by atoms with van der Waals surface area (Å²) in [5.74, 6) is -1.37. The lowest BCUT2D eigenvalue weighted by Gasteiger charge is -2.17. The summed E-state index contributed by atoms with van der Waals surface area (Å²) in [5.41, 5.74) is 1.25. The van der Waals surface area contributed by atoms with Gasteiger partial charge in [-0.1, -0.05) is 36.4 Å². The summed E-state index contributed by atoms with van der Waals surface area (Å²) in [6.07, 6.45) is -4.50. The van der Waals surface area contributed by atoms with Gasteiger partial charge in [-0.3, -0.25) is 14.4 Å². The number of ether oxygens (including phenoxy) is 1. The Kier molecular flexibility index (Phi) is 8.14. The first-order valence-corrected chi connectivity index (χ1v) is 11.1. The SMILES string of the molecule is CCOC(=O)Cc1ccc(NC(=O)c2ccccc2-c2ccc(C(F)(F)F)cc2)c(C(=O)N(C)C)c1. The van der Waals surface area contributed by atoms with Gasteiger partial charge in [0.05, 0.1) is 29.8 Å². The predicted octanol–water partition coefficient (Wildman–Crippen LogP) is 5.43. The number of alkyl halides is 3. The average Bonchev–Trinajstić information content (AvgIpc) is 2.84. The Bertz CT molecular complexity index is 1270. The van der Waals surface area contributed by atoms with E-state index in [1.807, 2.05) is 0 Å². The van der Waals surface area contributed by atoms with Crippen LogP contribution in [0.15, 0.2) is 66.7 Å². The zero-order valence-corrected chi connectivity index (χ0v) is 20.0. The van der Waals surface area contributed by atoms with Crippen molar-refractivity contribution in [2.75, 3.05) is 26.0 Å². The fourth-order valence-corrected chi connectivity index (χ4v) is 3.57. The van der Waals surface area contributed by atoms with E-state index >= 15 is 0 Å². The van der Waals surface area contributed by atoms with Gasteiger partial charge in [0.2, 0.25) is 0 Å². The highest BCUT2D eigenvalue weighted by molar-refractivity contribution is 6.11. The fourth-order valence-electron chi connectivity index (χ4n) is 3.57. The van der Waals surface area contributed by atoms with Gasteiger partial charge in [-0.15, -0.1) is 0 Å². The molecule has 36 heavy (non-hydrogen) atoms. The number of carbonyl (C=O) groups excluding carboxylic acids is 3. The van der Waals surface area contributed by atoms with Crippen LogP contribution < -0.4 is 5.32 Å². The van der Waals surface area contributed by atoms with Crippen LogP contribution in [-0.2, 0) is 22.1 Å². The van der Waals surface area contributed by atoms with Crippen LogP contribution in [0.4, 0.5) is 18.9 Å². The zero-order chi connectivity index (χ0) is 26.5. The van der Waals surface area contributed by atoms with Crippen molar-refractivity contribution in [3.05, 3.63) is 89.0 Å². The molecule has 2 amide bonds. The maximum absolute atomic E-state index is 13.2. The summed E-state index contributed by atoms with van der Waals surface area (Å²) in [4.78, 5) is 39.3. The van der Waals surface area contributed by atoms with Gasteiger partial charge in [-0.05, 0) is 53.9 Å². The van der Waals surface area contributed by atoms with Crippen LogP contribution in [0.3, 0.4) is 0 Å². The Morgan fingerprint density at radius 2 is 1.58 bits per heavy atom. The highest BCUT2D eigenvalue weighted by atomic mass is 19.4. The normalized spacial score (nSPS) is 11.1. The zero-order valence-electron chi connectivity index (χ0n) is 20.0. The van der Waals surface area contributed by atoms with Crippen molar-refractivity contribution >= 4 is 23.5 Å². The van der Waals surface area contributed by atoms with Gasteiger partial charge in [0.1, 0.15) is 0 Å². The first-order chi connectivity index (χ1) is 17.0. The van der Waals surface area contributed by atoms with E-state index in [9.17, 15) is 27.6 Å². The number of benzene rings is 3. The topological polar surface area (TPSA) is 75.7 Å². The van der Waals surface area contributed by atoms with Gasteiger partial charge >= 0.3 is 12.1 Å². The molecule has 0 heterocycles. The van der Waals surface area contributed by atoms with Crippen molar-refractivity contribution in [2.45, 2.75) is 19.5 Å². The van der Waals surface area contributed by atoms with Gasteiger partial charge in [0.25, 0.3) is 11.8 Å². The van der Waals surface area contributed by atoms with Crippen LogP contribution in [0.25, 0.3) is 11.1 Å². The molecule has 3 aromatic rings. The number of halogens is 3. The summed E-state index contributed by atoms with van der Waals surface area (Å²) >= 11 is 0. The lowest BCUT2D eigenvalue weighted by molar-refractivity contribution is -0.142. The highest BCUT2D eigenvalue weighted by Crippen LogP contribution is 2.32. The van der Waals surface area contributed by atoms with Gasteiger partial charge in [-0.2, -0.15) is 13.2 Å². The quantitative estimate of drug-likeness (QED) is 0.441. The van der Waals surface area contributed by atoms with E-state index < -0.39 is 23.6 Å². The van der Waals surface area contributed by atoms with Crippen molar-refractivity contribution in [2.24, 2.45) is 0 Å². The van der Waals surface area contributed by atoms with Crippen molar-refractivity contribution in [3.8, 4) is 11.1 Å². The highest BCUT2D eigenvalue weighted by Gasteiger charge is 2.30. The average molecular weight is 499 g/mol. The second-order valence-electron chi connectivity index (χ2n) is 8.14. The van der Waals surface area contributed by atoms with E-state index in [2.05, 4.69) is 5.32 Å². The molecule has 0 saturated heterocycles. The molecule has 0 bridgehead atoms. The molecule has 3 aromatic carbocycles. The molecule has 1 N–H and O–H groups in total. The van der Waals surface area contributed by atoms with E-state index in [4.69, 9.17) is 4.74 Å². The summed E-state index contributed by atoms with van der Waals surface area (Å²) in [6.45, 7) is 1.93. The van der Waals surface area contributed by atoms with Crippen molar-refractivity contribution in [1.29, 1.82) is 0 Å². The lowest BCUT2D eigenvalue weighted by Crippen LogP contribution is -2.24. The summed E-state index contributed by atoms with van der Waals surface area (Å²) in [5, 5.41) is 2.73. The molecule has 0 aliphatic carbocycles. The van der Waals surface area contributed by atoms with Crippen LogP contribution >= 0.6 is 0 Å². The first-order valence-electron chi connectivity index (χ1n) is 11.1. The third-order valence-electron chi connectivity index (χ3n) is 5.32. The molecular weight excluding hydrogens is 473 g/mol. The lowest BCUT2D eigenvalue weighted by atomic mass is 9.97. The Morgan fingerprint density at radius 1 is 0.917 bits per heavy atom. The van der Waals surface area contributed by atoms with Crippen molar-refractivity contribution in [1.82, 2.24) is 4.90 Å². The van der Waals surface area contributed by atoms with Crippen LogP contribution in [0.5, 0.6) is 0 Å². The largest absolute Gasteiger partial charge is 0.466 e. The molecule has 0 unspecified atom stereocenters. The molecule has 9 heteroatoms. The number of anilines is 1. The number of esters is 1. The predicted molar refractivity (Wildman–Crippen MR) is 130 cm³/mol. The minimum atomic E-state index is -4.47. The van der Waals surface area contributed by atoms with Crippen molar-refractivity contribution < 1.29 is 32.3 Å². The summed E-state index contributed by atoms with van der Waals surface area (Å²) in [6, 6.07) is 15.7. The molecular formula is C27H25F3N2O4. The minimum Gasteiger partial charge on any atom is -0.466 e. The molecule has 0 saturated carbocycles. The molecule has 188 valence electrons. The van der Waals surface area contributed by atoms with Crippen LogP contribution in [0, 0.1) is 0 Å². The van der Waals surface area contributed by atoms with Crippen molar-refractivity contribution in [3.63, 3.8) is 0 Å². The second kappa shape index (κ2) is 11.1. The molecule has 0 atom stereocenters. The van der Waals surface area contributed by atoms with Gasteiger partial charge in [-0.25, -0.2) is 0 Å². The first kappa shape index (κ1) is 26.5. The Morgan fingerprint density at radius 3 is 2.19 bits per heavy atom. The number of amides is 2. The Balaban J connectivity index is 1.94. The third kappa shape index (κ3) is 6.29. The fraction of sp³-hybridized carbons (Fsp3) is 0.222. The Hall–Kier alpha value is -4.14. The maximum atomic E-state index is 13.2. The number of carbonyl (C=O) groups is 3. The second-order valence-corrected chi connectivity index (χ2v) is 8.14. The molecule has 0 aliphatic rings. The standard InChI is InChI=1S/C27H25F3N2O4/c1-4-36-24(33)16-17-9-14-23(22(15-17)26(35)32(2)3)31-25(34)21-8-6-5-7-20(21)18-10-12-19(13-11-18)27(28,29)30/h5-15H,4,16H2,1-3H3,(H,31,34). The number of hydrogen-bond donors (Lipinski definition) is 1. The number of nitrogens with one attached hydrogen (secondary N) is 1. The van der Waals surface area contributed by atoms with E-state index in [1.165, 1.54) is 29.2 Å². The molecule has 3 rings (SSSR count). The van der Waals surface area contributed by atoms with Crippen LogP contribution in [-0.4, -0.2) is 43.4 Å². The van der Waals surface area contributed by atoms with E-state index in [1.54, 1.807) is 51.4 Å². The summed E-state index contributed by atoms with van der Waals surface area (Å²) < 4.78 is 43.8. The smallest absolute Gasteiger partial charge is 0.416 e. The van der Waals surface area contributed by atoms with Gasteiger partial charge in [0, 0.05) is 19.7 Å². The molecule has 0 aliphatic heterocycles. The molecule has 0 fully saturated rings. The molecule has 0 radical (unpaired) electrons. The van der Waals surface area contributed by atoms with E-state index in [-0.39, 0.29) is 35.7 Å². The Labute approximate surface area is 206 Å². The third-order valence-corrected chi connectivity index (χ3v) is 5.32. The molecule has 6 nitrogen and oxygen atoms in total. The van der Waals surface area contributed by atoms with E-state index in [0.717, 1.165) is 12.1 Å². The maximum Gasteiger partial charge on any atom is 0.416 e. The number of rotatable bonds is 7. The molecule has 0 spiro atoms.